The molecule has 0 aliphatic carbocycles. The third-order valence-corrected chi connectivity index (χ3v) is 2.79. The fourth-order valence-corrected chi connectivity index (χ4v) is 1.73. The van der Waals surface area contributed by atoms with Gasteiger partial charge in [0.1, 0.15) is 12.0 Å². The summed E-state index contributed by atoms with van der Waals surface area (Å²) in [5.41, 5.74) is 6.35. The van der Waals surface area contributed by atoms with Crippen molar-refractivity contribution in [1.82, 2.24) is 4.98 Å². The minimum absolute atomic E-state index is 0.438. The van der Waals surface area contributed by atoms with Gasteiger partial charge in [-0.2, -0.15) is 0 Å². The van der Waals surface area contributed by atoms with E-state index in [-0.39, 0.29) is 0 Å². The van der Waals surface area contributed by atoms with Crippen molar-refractivity contribution in [2.24, 2.45) is 5.73 Å². The molecule has 0 unspecified atom stereocenters. The molecule has 2 aromatic rings. The van der Waals surface area contributed by atoms with E-state index < -0.39 is 6.03 Å². The molecule has 0 bridgehead atoms. The molecule has 19 heavy (non-hydrogen) atoms. The summed E-state index contributed by atoms with van der Waals surface area (Å²) in [5.74, 6) is 0.946. The number of nitrogens with two attached hydrogens (primary N) is 1. The van der Waals surface area contributed by atoms with Crippen molar-refractivity contribution in [2.75, 3.05) is 10.9 Å². The third kappa shape index (κ3) is 2.82. The molecule has 1 heterocycles. The van der Waals surface area contributed by atoms with E-state index in [1.807, 2.05) is 6.92 Å². The smallest absolute Gasteiger partial charge is 0.329 e. The van der Waals surface area contributed by atoms with Gasteiger partial charge in [-0.05, 0) is 25.1 Å². The molecule has 0 spiro atoms. The summed E-state index contributed by atoms with van der Waals surface area (Å²) < 4.78 is 11.6. The zero-order chi connectivity index (χ0) is 13.8. The highest BCUT2D eigenvalue weighted by Gasteiger charge is 2.16. The Bertz CT molecular complexity index is 572. The molecular formula is C12H13N3O3S. The van der Waals surface area contributed by atoms with E-state index in [4.69, 9.17) is 14.9 Å². The van der Waals surface area contributed by atoms with Crippen LogP contribution >= 0.6 is 12.8 Å². The van der Waals surface area contributed by atoms with Gasteiger partial charge in [0.25, 0.3) is 0 Å². The van der Waals surface area contributed by atoms with Crippen LogP contribution in [0.2, 0.25) is 0 Å². The molecule has 0 fully saturated rings. The summed E-state index contributed by atoms with van der Waals surface area (Å²) in [6, 6.07) is 4.47. The summed E-state index contributed by atoms with van der Waals surface area (Å²) in [6.07, 6.45) is 3.01. The van der Waals surface area contributed by atoms with Crippen LogP contribution in [0.5, 0.6) is 5.75 Å². The number of ether oxygens (including phenoxy) is 1. The first kappa shape index (κ1) is 13.3. The number of primary amides is 1. The zero-order valence-electron chi connectivity index (χ0n) is 10.2. The second-order valence-electron chi connectivity index (χ2n) is 3.60. The molecule has 0 saturated carbocycles. The summed E-state index contributed by atoms with van der Waals surface area (Å²) in [4.78, 5) is 15.3. The number of carbonyl (C=O) groups excluding carboxylic acids is 1. The molecule has 2 amide bonds. The number of amides is 2. The zero-order valence-corrected chi connectivity index (χ0v) is 11.1. The maximum atomic E-state index is 11.2. The summed E-state index contributed by atoms with van der Waals surface area (Å²) in [5, 5.41) is 0. The molecule has 1 aromatic heterocycles. The lowest BCUT2D eigenvalue weighted by Gasteiger charge is -2.17. The van der Waals surface area contributed by atoms with Gasteiger partial charge >= 0.3 is 6.03 Å². The van der Waals surface area contributed by atoms with E-state index >= 15 is 0 Å². The molecule has 100 valence electrons. The Hall–Kier alpha value is -2.15. The van der Waals surface area contributed by atoms with Gasteiger partial charge in [0.15, 0.2) is 0 Å². The van der Waals surface area contributed by atoms with E-state index in [2.05, 4.69) is 17.8 Å². The first-order chi connectivity index (χ1) is 9.13. The van der Waals surface area contributed by atoms with E-state index in [9.17, 15) is 4.79 Å². The molecule has 0 atom stereocenters. The molecule has 2 N–H and O–H groups in total. The lowest BCUT2D eigenvalue weighted by Crippen LogP contribution is -2.27. The van der Waals surface area contributed by atoms with Gasteiger partial charge < -0.3 is 14.9 Å². The maximum absolute atomic E-state index is 11.2. The van der Waals surface area contributed by atoms with Crippen molar-refractivity contribution < 1.29 is 13.9 Å². The topological polar surface area (TPSA) is 81.6 Å². The SMILES string of the molecule is CCOc1ccc(-c2ncco2)cc1N(S)C(N)=O. The van der Waals surface area contributed by atoms with Gasteiger partial charge in [0.2, 0.25) is 5.89 Å². The van der Waals surface area contributed by atoms with Crippen LogP contribution in [-0.4, -0.2) is 17.6 Å². The van der Waals surface area contributed by atoms with Crippen LogP contribution in [-0.2, 0) is 0 Å². The Labute approximate surface area is 115 Å². The van der Waals surface area contributed by atoms with E-state index in [1.165, 1.54) is 12.5 Å². The molecule has 6 nitrogen and oxygen atoms in total. The Kier molecular flexibility index (Phi) is 3.96. The predicted octanol–water partition coefficient (Wildman–Crippen LogP) is 2.47. The van der Waals surface area contributed by atoms with Crippen LogP contribution in [0.4, 0.5) is 10.5 Å². The number of anilines is 1. The van der Waals surface area contributed by atoms with E-state index in [1.54, 1.807) is 18.2 Å². The van der Waals surface area contributed by atoms with Gasteiger partial charge in [0.05, 0.1) is 18.5 Å². The molecule has 1 aromatic carbocycles. The number of thiol groups is 1. The molecule has 0 aliphatic rings. The molecule has 2 rings (SSSR count). The van der Waals surface area contributed by atoms with Crippen molar-refractivity contribution in [3.63, 3.8) is 0 Å². The van der Waals surface area contributed by atoms with E-state index in [0.717, 1.165) is 4.31 Å². The van der Waals surface area contributed by atoms with Crippen molar-refractivity contribution in [3.05, 3.63) is 30.7 Å². The Morgan fingerprint density at radius 2 is 2.37 bits per heavy atom. The Morgan fingerprint density at radius 3 is 2.95 bits per heavy atom. The minimum atomic E-state index is -0.700. The molecular weight excluding hydrogens is 266 g/mol. The number of rotatable bonds is 4. The largest absolute Gasteiger partial charge is 0.492 e. The Morgan fingerprint density at radius 1 is 1.58 bits per heavy atom. The lowest BCUT2D eigenvalue weighted by atomic mass is 10.2. The number of nitrogens with zero attached hydrogens (tertiary/aromatic N) is 2. The summed E-state index contributed by atoms with van der Waals surface area (Å²) in [7, 11) is 0. The highest BCUT2D eigenvalue weighted by molar-refractivity contribution is 7.82. The molecule has 7 heteroatoms. The number of oxazole rings is 1. The number of aromatic nitrogens is 1. The normalized spacial score (nSPS) is 10.2. The second-order valence-corrected chi connectivity index (χ2v) is 4.00. The third-order valence-electron chi connectivity index (χ3n) is 2.37. The van der Waals surface area contributed by atoms with Crippen LogP contribution in [0.25, 0.3) is 11.5 Å². The van der Waals surface area contributed by atoms with Crippen LogP contribution < -0.4 is 14.8 Å². The highest BCUT2D eigenvalue weighted by Crippen LogP contribution is 2.33. The van der Waals surface area contributed by atoms with Crippen LogP contribution in [0.15, 0.2) is 35.1 Å². The van der Waals surface area contributed by atoms with E-state index in [0.29, 0.717) is 29.5 Å². The van der Waals surface area contributed by atoms with Gasteiger partial charge in [-0.3, -0.25) is 0 Å². The average Bonchev–Trinajstić information content (AvgIpc) is 2.92. The molecule has 0 saturated heterocycles. The Balaban J connectivity index is 2.46. The van der Waals surface area contributed by atoms with Crippen molar-refractivity contribution in [3.8, 4) is 17.2 Å². The lowest BCUT2D eigenvalue weighted by molar-refractivity contribution is 0.257. The monoisotopic (exact) mass is 279 g/mol. The number of hydrogen-bond donors (Lipinski definition) is 2. The maximum Gasteiger partial charge on any atom is 0.329 e. The fraction of sp³-hybridized carbons (Fsp3) is 0.167. The quantitative estimate of drug-likeness (QED) is 0.842. The number of benzene rings is 1. The summed E-state index contributed by atoms with van der Waals surface area (Å²) in [6.45, 7) is 2.31. The predicted molar refractivity (Wildman–Crippen MR) is 74.2 cm³/mol. The number of hydrogen-bond acceptors (Lipinski definition) is 5. The van der Waals surface area contributed by atoms with Crippen molar-refractivity contribution in [1.29, 1.82) is 0 Å². The van der Waals surface area contributed by atoms with Crippen molar-refractivity contribution in [2.45, 2.75) is 6.92 Å². The number of carbonyl (C=O) groups is 1. The van der Waals surface area contributed by atoms with Crippen molar-refractivity contribution >= 4 is 24.5 Å². The number of urea groups is 1. The van der Waals surface area contributed by atoms with Gasteiger partial charge in [-0.25, -0.2) is 14.1 Å². The fourth-order valence-electron chi connectivity index (χ4n) is 1.58. The molecule has 0 radical (unpaired) electrons. The van der Waals surface area contributed by atoms with Crippen LogP contribution in [0.3, 0.4) is 0 Å². The van der Waals surface area contributed by atoms with Gasteiger partial charge in [-0.1, -0.05) is 12.8 Å². The standard InChI is InChI=1S/C12H13N3O3S/c1-2-17-10-4-3-8(11-14-5-6-18-11)7-9(10)15(19)12(13)16/h3-7,19H,2H2,1H3,(H2,13,16). The molecule has 0 aliphatic heterocycles. The first-order valence-electron chi connectivity index (χ1n) is 5.58. The van der Waals surface area contributed by atoms with Crippen LogP contribution in [0.1, 0.15) is 6.92 Å². The average molecular weight is 279 g/mol. The highest BCUT2D eigenvalue weighted by atomic mass is 32.1. The first-order valence-corrected chi connectivity index (χ1v) is 5.98. The van der Waals surface area contributed by atoms with Gasteiger partial charge in [0, 0.05) is 5.56 Å². The van der Waals surface area contributed by atoms with Crippen LogP contribution in [0, 0.1) is 0 Å². The minimum Gasteiger partial charge on any atom is -0.492 e. The van der Waals surface area contributed by atoms with Gasteiger partial charge in [-0.15, -0.1) is 0 Å². The second kappa shape index (κ2) is 5.66. The summed E-state index contributed by atoms with van der Waals surface area (Å²) >= 11 is 4.05.